The van der Waals surface area contributed by atoms with Crippen molar-refractivity contribution in [2.24, 2.45) is 5.92 Å². The van der Waals surface area contributed by atoms with Crippen LogP contribution in [0.25, 0.3) is 0 Å². The lowest BCUT2D eigenvalue weighted by Gasteiger charge is -2.27. The molecule has 0 heterocycles. The fourth-order valence-electron chi connectivity index (χ4n) is 3.28. The van der Waals surface area contributed by atoms with Gasteiger partial charge in [0.05, 0.1) is 13.2 Å². The summed E-state index contributed by atoms with van der Waals surface area (Å²) in [5.74, 6) is -0.0262. The van der Waals surface area contributed by atoms with E-state index in [9.17, 15) is 9.59 Å². The molecule has 0 aromatic rings. The molecule has 0 fully saturated rings. The van der Waals surface area contributed by atoms with Crippen LogP contribution in [0.3, 0.4) is 0 Å². The highest BCUT2D eigenvalue weighted by molar-refractivity contribution is 5.81. The summed E-state index contributed by atoms with van der Waals surface area (Å²) in [6.07, 6.45) is 13.9. The molecule has 0 N–H and O–H groups in total. The number of nitrogens with zero attached hydrogens (tertiary/aromatic N) is 1. The molecule has 0 bridgehead atoms. The quantitative estimate of drug-likeness (QED) is 0.184. The van der Waals surface area contributed by atoms with Crippen molar-refractivity contribution in [1.82, 2.24) is 4.90 Å². The standard InChI is InChI=1S/C24H47NO4/c1-6-8-10-12-14-16-18-28-23(26)22(20-21(3)4)25(5)24(27)29-19-17-15-13-11-9-7-2/h21-22H,6-20H2,1-5H3/t22-/m0/s1. The molecule has 5 nitrogen and oxygen atoms in total. The number of amides is 1. The van der Waals surface area contributed by atoms with Crippen molar-refractivity contribution in [3.05, 3.63) is 0 Å². The highest BCUT2D eigenvalue weighted by Gasteiger charge is 2.29. The first-order valence-corrected chi connectivity index (χ1v) is 12.0. The molecule has 0 saturated heterocycles. The smallest absolute Gasteiger partial charge is 0.410 e. The van der Waals surface area contributed by atoms with Gasteiger partial charge < -0.3 is 9.47 Å². The summed E-state index contributed by atoms with van der Waals surface area (Å²) in [5.41, 5.74) is 0. The molecule has 29 heavy (non-hydrogen) atoms. The lowest BCUT2D eigenvalue weighted by Crippen LogP contribution is -2.44. The van der Waals surface area contributed by atoms with Gasteiger partial charge in [-0.15, -0.1) is 0 Å². The van der Waals surface area contributed by atoms with Crippen molar-refractivity contribution in [3.63, 3.8) is 0 Å². The normalized spacial score (nSPS) is 12.1. The largest absolute Gasteiger partial charge is 0.464 e. The van der Waals surface area contributed by atoms with E-state index in [-0.39, 0.29) is 11.9 Å². The number of carbonyl (C=O) groups is 2. The Morgan fingerprint density at radius 1 is 0.724 bits per heavy atom. The zero-order valence-corrected chi connectivity index (χ0v) is 19.8. The Bertz CT molecular complexity index is 412. The van der Waals surface area contributed by atoms with E-state index in [0.717, 1.165) is 25.7 Å². The zero-order valence-electron chi connectivity index (χ0n) is 19.8. The minimum Gasteiger partial charge on any atom is -0.464 e. The second-order valence-corrected chi connectivity index (χ2v) is 8.57. The summed E-state index contributed by atoms with van der Waals surface area (Å²) in [5, 5.41) is 0. The molecule has 0 radical (unpaired) electrons. The van der Waals surface area contributed by atoms with Crippen molar-refractivity contribution in [2.75, 3.05) is 20.3 Å². The van der Waals surface area contributed by atoms with Gasteiger partial charge >= 0.3 is 12.1 Å². The fraction of sp³-hybridized carbons (Fsp3) is 0.917. The minimum atomic E-state index is -0.577. The first-order chi connectivity index (χ1) is 13.9. The third-order valence-electron chi connectivity index (χ3n) is 5.19. The second-order valence-electron chi connectivity index (χ2n) is 8.57. The summed E-state index contributed by atoms with van der Waals surface area (Å²) < 4.78 is 10.9. The lowest BCUT2D eigenvalue weighted by atomic mass is 10.0. The van der Waals surface area contributed by atoms with Crippen molar-refractivity contribution in [2.45, 2.75) is 117 Å². The molecule has 0 saturated carbocycles. The molecule has 0 aliphatic carbocycles. The van der Waals surface area contributed by atoms with Crippen LogP contribution in [-0.2, 0) is 14.3 Å². The van der Waals surface area contributed by atoms with Gasteiger partial charge in [0.15, 0.2) is 0 Å². The average molecular weight is 414 g/mol. The first-order valence-electron chi connectivity index (χ1n) is 12.0. The van der Waals surface area contributed by atoms with Gasteiger partial charge in [0.25, 0.3) is 0 Å². The lowest BCUT2D eigenvalue weighted by molar-refractivity contribution is -0.149. The molecule has 5 heteroatoms. The van der Waals surface area contributed by atoms with Gasteiger partial charge in [0.2, 0.25) is 0 Å². The van der Waals surface area contributed by atoms with Crippen LogP contribution in [0.4, 0.5) is 4.79 Å². The van der Waals surface area contributed by atoms with Crippen molar-refractivity contribution in [3.8, 4) is 0 Å². The Kier molecular flexibility index (Phi) is 17.9. The Labute approximate surface area is 179 Å². The molecular formula is C24H47NO4. The maximum Gasteiger partial charge on any atom is 0.410 e. The Morgan fingerprint density at radius 3 is 1.66 bits per heavy atom. The predicted molar refractivity (Wildman–Crippen MR) is 120 cm³/mol. The van der Waals surface area contributed by atoms with Gasteiger partial charge in [0.1, 0.15) is 6.04 Å². The Morgan fingerprint density at radius 2 is 1.17 bits per heavy atom. The third-order valence-corrected chi connectivity index (χ3v) is 5.19. The van der Waals surface area contributed by atoms with Crippen LogP contribution < -0.4 is 0 Å². The van der Waals surface area contributed by atoms with Gasteiger partial charge in [-0.1, -0.05) is 91.9 Å². The number of carbonyl (C=O) groups excluding carboxylic acids is 2. The van der Waals surface area contributed by atoms with E-state index in [0.29, 0.717) is 19.6 Å². The SMILES string of the molecule is CCCCCCCCOC(=O)[C@H](CC(C)C)N(C)C(=O)OCCCCCCCC. The summed E-state index contributed by atoms with van der Waals surface area (Å²) in [4.78, 5) is 26.4. The molecule has 0 spiro atoms. The molecule has 1 amide bonds. The van der Waals surface area contributed by atoms with E-state index in [2.05, 4.69) is 13.8 Å². The molecule has 1 atom stereocenters. The molecule has 172 valence electrons. The number of ether oxygens (including phenoxy) is 2. The van der Waals surface area contributed by atoms with Crippen molar-refractivity contribution >= 4 is 12.1 Å². The fourth-order valence-corrected chi connectivity index (χ4v) is 3.28. The average Bonchev–Trinajstić information content (AvgIpc) is 2.69. The number of likely N-dealkylation sites (N-methyl/N-ethyl adjacent to an activating group) is 1. The second kappa shape index (κ2) is 18.7. The molecule has 0 rings (SSSR count). The van der Waals surface area contributed by atoms with Gasteiger partial charge in [-0.25, -0.2) is 9.59 Å². The van der Waals surface area contributed by atoms with Crippen molar-refractivity contribution < 1.29 is 19.1 Å². The van der Waals surface area contributed by atoms with E-state index >= 15 is 0 Å². The van der Waals surface area contributed by atoms with E-state index in [1.807, 2.05) is 13.8 Å². The highest BCUT2D eigenvalue weighted by atomic mass is 16.6. The summed E-state index contributed by atoms with van der Waals surface area (Å²) in [6.45, 7) is 9.33. The van der Waals surface area contributed by atoms with E-state index in [4.69, 9.17) is 9.47 Å². The summed E-state index contributed by atoms with van der Waals surface area (Å²) in [7, 11) is 1.64. The van der Waals surface area contributed by atoms with Crippen LogP contribution in [0, 0.1) is 5.92 Å². The Hall–Kier alpha value is -1.26. The highest BCUT2D eigenvalue weighted by Crippen LogP contribution is 2.14. The maximum atomic E-state index is 12.6. The molecule has 0 aromatic carbocycles. The van der Waals surface area contributed by atoms with Crippen LogP contribution in [0.1, 0.15) is 111 Å². The summed E-state index contributed by atoms with van der Waals surface area (Å²) in [6, 6.07) is -0.577. The predicted octanol–water partition coefficient (Wildman–Crippen LogP) is 6.73. The van der Waals surface area contributed by atoms with Crippen LogP contribution >= 0.6 is 0 Å². The minimum absolute atomic E-state index is 0.287. The number of hydrogen-bond acceptors (Lipinski definition) is 4. The molecule has 0 aliphatic heterocycles. The molecule has 0 unspecified atom stereocenters. The maximum absolute atomic E-state index is 12.6. The third kappa shape index (κ3) is 15.3. The van der Waals surface area contributed by atoms with Gasteiger partial charge in [0, 0.05) is 7.05 Å². The van der Waals surface area contributed by atoms with Crippen LogP contribution in [-0.4, -0.2) is 43.3 Å². The van der Waals surface area contributed by atoms with Crippen molar-refractivity contribution in [1.29, 1.82) is 0 Å². The molecule has 0 aliphatic rings. The number of unbranched alkanes of at least 4 members (excludes halogenated alkanes) is 10. The zero-order chi connectivity index (χ0) is 21.9. The number of hydrogen-bond donors (Lipinski definition) is 0. The molecule has 0 aromatic heterocycles. The van der Waals surface area contributed by atoms with E-state index in [1.165, 1.54) is 56.3 Å². The van der Waals surface area contributed by atoms with E-state index in [1.54, 1.807) is 7.05 Å². The Balaban J connectivity index is 4.26. The molecular weight excluding hydrogens is 366 g/mol. The number of rotatable bonds is 18. The topological polar surface area (TPSA) is 55.8 Å². The van der Waals surface area contributed by atoms with E-state index < -0.39 is 12.1 Å². The van der Waals surface area contributed by atoms with Gasteiger partial charge in [-0.05, 0) is 25.2 Å². The first kappa shape index (κ1) is 27.7. The summed E-state index contributed by atoms with van der Waals surface area (Å²) >= 11 is 0. The monoisotopic (exact) mass is 413 g/mol. The number of esters is 1. The van der Waals surface area contributed by atoms with Crippen LogP contribution in [0.2, 0.25) is 0 Å². The van der Waals surface area contributed by atoms with Crippen LogP contribution in [0.15, 0.2) is 0 Å². The van der Waals surface area contributed by atoms with Gasteiger partial charge in [-0.3, -0.25) is 4.90 Å². The van der Waals surface area contributed by atoms with Crippen LogP contribution in [0.5, 0.6) is 0 Å². The van der Waals surface area contributed by atoms with Gasteiger partial charge in [-0.2, -0.15) is 0 Å².